The quantitative estimate of drug-likeness (QED) is 0.232. The molecule has 0 radical (unpaired) electrons. The van der Waals surface area contributed by atoms with Crippen LogP contribution in [0.15, 0.2) is 35.9 Å². The van der Waals surface area contributed by atoms with Gasteiger partial charge in [-0.3, -0.25) is 14.9 Å². The number of esters is 1. The maximum absolute atomic E-state index is 14.0. The average molecular weight is 710 g/mol. The van der Waals surface area contributed by atoms with Crippen LogP contribution in [0.5, 0.6) is 5.75 Å². The van der Waals surface area contributed by atoms with Crippen LogP contribution in [-0.2, 0) is 35.0 Å². The molecule has 1 aromatic carbocycles. The standard InChI is InChI=1S/C33H44ClN3O10S/c1-17-10-9-11-24(44-8)33(42)16-23(45-30(40)35-33)18(2)28-32(4,47-28)25(46-29(39)19(3)36(5)31(41)48)15-26(38)37(6)21-13-20(12-17)14-22(43-7)27(21)34/h9-11,13-14,18-19,23-25,28,42H,12,15-16H2,1-8H3,(H,35,40)(H,41,48)/b11-9+,17-10+/t18-,19+,23+,24-,25-,28+,32+,33+/m1/s1. The van der Waals surface area contributed by atoms with E-state index in [-0.39, 0.29) is 17.9 Å². The number of amides is 3. The second-order valence-electron chi connectivity index (χ2n) is 12.8. The number of aliphatic hydroxyl groups is 1. The number of hydrogen-bond acceptors (Lipinski definition) is 10. The van der Waals surface area contributed by atoms with Crippen LogP contribution in [0.25, 0.3) is 0 Å². The molecule has 4 rings (SSSR count). The minimum absolute atomic E-state index is 0.0521. The first-order valence-electron chi connectivity index (χ1n) is 15.5. The second-order valence-corrected chi connectivity index (χ2v) is 13.6. The van der Waals surface area contributed by atoms with Gasteiger partial charge in [-0.05, 0) is 44.9 Å². The fourth-order valence-electron chi connectivity index (χ4n) is 6.17. The molecule has 3 aliphatic heterocycles. The topological polar surface area (TPSA) is 156 Å². The summed E-state index contributed by atoms with van der Waals surface area (Å²) < 4.78 is 28.8. The monoisotopic (exact) mass is 709 g/mol. The lowest BCUT2D eigenvalue weighted by Gasteiger charge is -2.42. The number of hydrogen-bond donors (Lipinski definition) is 3. The second kappa shape index (κ2) is 14.7. The van der Waals surface area contributed by atoms with Crippen LogP contribution in [0, 0.1) is 5.92 Å². The van der Waals surface area contributed by atoms with E-state index in [1.54, 1.807) is 45.2 Å². The molecule has 2 saturated heterocycles. The molecule has 8 atom stereocenters. The van der Waals surface area contributed by atoms with Crippen molar-refractivity contribution in [3.05, 3.63) is 46.5 Å². The summed E-state index contributed by atoms with van der Waals surface area (Å²) in [7, 11) is 5.87. The Hall–Kier alpha value is -3.30. The summed E-state index contributed by atoms with van der Waals surface area (Å²) in [6, 6.07) is 2.54. The molecule has 2 N–H and O–H groups in total. The predicted octanol–water partition coefficient (Wildman–Crippen LogP) is 4.04. The third-order valence-electron chi connectivity index (χ3n) is 9.43. The molecule has 0 saturated carbocycles. The van der Waals surface area contributed by atoms with Gasteiger partial charge < -0.3 is 38.6 Å². The maximum atomic E-state index is 14.0. The van der Waals surface area contributed by atoms with Crippen LogP contribution in [0.3, 0.4) is 0 Å². The van der Waals surface area contributed by atoms with Crippen molar-refractivity contribution in [2.24, 2.45) is 5.92 Å². The zero-order valence-corrected chi connectivity index (χ0v) is 30.0. The van der Waals surface area contributed by atoms with Gasteiger partial charge >= 0.3 is 12.1 Å². The van der Waals surface area contributed by atoms with Crippen molar-refractivity contribution in [2.45, 2.75) is 88.7 Å². The summed E-state index contributed by atoms with van der Waals surface area (Å²) in [6.07, 6.45) is 0.905. The molecule has 0 aromatic heterocycles. The number of benzene rings is 1. The van der Waals surface area contributed by atoms with E-state index in [1.807, 2.05) is 13.0 Å². The van der Waals surface area contributed by atoms with Crippen LogP contribution < -0.4 is 15.0 Å². The van der Waals surface area contributed by atoms with Gasteiger partial charge in [0.2, 0.25) is 5.91 Å². The Labute approximate surface area is 290 Å². The minimum Gasteiger partial charge on any atom is -0.495 e. The van der Waals surface area contributed by atoms with E-state index in [1.165, 1.54) is 33.1 Å². The fraction of sp³-hybridized carbons (Fsp3) is 0.576. The number of carbonyl (C=O) groups excluding carboxylic acids is 4. The van der Waals surface area contributed by atoms with Gasteiger partial charge in [0.1, 0.15) is 40.7 Å². The van der Waals surface area contributed by atoms with Gasteiger partial charge in [0.25, 0.3) is 5.24 Å². The highest BCUT2D eigenvalue weighted by Gasteiger charge is 2.64. The van der Waals surface area contributed by atoms with Gasteiger partial charge in [-0.25, -0.2) is 9.59 Å². The number of fused-ring (bicyclic) bond motifs is 5. The Morgan fingerprint density at radius 1 is 1.27 bits per heavy atom. The lowest BCUT2D eigenvalue weighted by Crippen LogP contribution is -2.63. The summed E-state index contributed by atoms with van der Waals surface area (Å²) in [6.45, 7) is 6.87. The molecule has 3 heterocycles. The first-order valence-corrected chi connectivity index (χ1v) is 16.3. The van der Waals surface area contributed by atoms with Crippen molar-refractivity contribution in [1.82, 2.24) is 10.2 Å². The number of methoxy groups -OCH3 is 2. The molecule has 0 spiro atoms. The molecule has 1 aromatic rings. The number of nitrogens with zero attached hydrogens (tertiary/aromatic N) is 2. The van der Waals surface area contributed by atoms with Gasteiger partial charge in [-0.15, -0.1) is 0 Å². The minimum atomic E-state index is -1.82. The molecular weight excluding hydrogens is 666 g/mol. The number of rotatable bonds is 5. The first kappa shape index (κ1) is 37.5. The number of carbonyl (C=O) groups is 4. The Morgan fingerprint density at radius 2 is 1.96 bits per heavy atom. The van der Waals surface area contributed by atoms with Gasteiger partial charge in [0.15, 0.2) is 5.72 Å². The van der Waals surface area contributed by atoms with Crippen molar-refractivity contribution in [3.8, 4) is 5.75 Å². The molecule has 13 nitrogen and oxygen atoms in total. The van der Waals surface area contributed by atoms with Crippen LogP contribution in [0.1, 0.15) is 46.1 Å². The van der Waals surface area contributed by atoms with Crippen LogP contribution in [0.4, 0.5) is 15.3 Å². The molecule has 4 bridgehead atoms. The van der Waals surface area contributed by atoms with Crippen molar-refractivity contribution in [2.75, 3.05) is 33.2 Å². The molecule has 3 amide bonds. The lowest BCUT2D eigenvalue weighted by molar-refractivity contribution is -0.157. The number of halogens is 1. The molecule has 3 aliphatic rings. The molecule has 48 heavy (non-hydrogen) atoms. The summed E-state index contributed by atoms with van der Waals surface area (Å²) >= 11 is 10.5. The van der Waals surface area contributed by atoms with Gasteiger partial charge in [0, 0.05) is 33.5 Å². The Morgan fingerprint density at radius 3 is 2.58 bits per heavy atom. The highest BCUT2D eigenvalue weighted by molar-refractivity contribution is 7.96. The molecule has 0 aliphatic carbocycles. The molecule has 264 valence electrons. The highest BCUT2D eigenvalue weighted by Crippen LogP contribution is 2.49. The number of epoxide rings is 1. The summed E-state index contributed by atoms with van der Waals surface area (Å²) in [5.74, 6) is -1.38. The predicted molar refractivity (Wildman–Crippen MR) is 180 cm³/mol. The maximum Gasteiger partial charge on any atom is 0.409 e. The number of allylic oxidation sites excluding steroid dienone is 3. The average Bonchev–Trinajstić information content (AvgIpc) is 3.73. The van der Waals surface area contributed by atoms with Crippen molar-refractivity contribution < 1.29 is 48.0 Å². The number of nitrogens with one attached hydrogen (secondary N) is 1. The number of thiol groups is 1. The molecular formula is C33H44ClN3O10S. The van der Waals surface area contributed by atoms with E-state index in [0.717, 1.165) is 16.0 Å². The number of anilines is 1. The van der Waals surface area contributed by atoms with Crippen molar-refractivity contribution in [1.29, 1.82) is 0 Å². The Bertz CT molecular complexity index is 1510. The van der Waals surface area contributed by atoms with Crippen LogP contribution >= 0.6 is 24.2 Å². The van der Waals surface area contributed by atoms with E-state index in [4.69, 9.17) is 35.3 Å². The van der Waals surface area contributed by atoms with Gasteiger partial charge in [-0.1, -0.05) is 55.0 Å². The van der Waals surface area contributed by atoms with E-state index in [2.05, 4.69) is 17.9 Å². The normalized spacial score (nSPS) is 33.2. The lowest BCUT2D eigenvalue weighted by atomic mass is 9.83. The third kappa shape index (κ3) is 7.78. The Balaban J connectivity index is 1.80. The zero-order valence-electron chi connectivity index (χ0n) is 28.3. The summed E-state index contributed by atoms with van der Waals surface area (Å²) in [4.78, 5) is 54.4. The van der Waals surface area contributed by atoms with Gasteiger partial charge in [0.05, 0.1) is 25.3 Å². The van der Waals surface area contributed by atoms with Crippen LogP contribution in [-0.4, -0.2) is 103 Å². The summed E-state index contributed by atoms with van der Waals surface area (Å²) in [5.41, 5.74) is -0.921. The number of alkyl carbamates (subject to hydrolysis) is 1. The molecule has 2 fully saturated rings. The van der Waals surface area contributed by atoms with Crippen LogP contribution in [0.2, 0.25) is 5.02 Å². The number of ether oxygens (including phenoxy) is 5. The largest absolute Gasteiger partial charge is 0.495 e. The molecule has 0 unspecified atom stereocenters. The Kier molecular flexibility index (Phi) is 11.5. The van der Waals surface area contributed by atoms with Crippen molar-refractivity contribution in [3.63, 3.8) is 0 Å². The first-order chi connectivity index (χ1) is 22.4. The fourth-order valence-corrected chi connectivity index (χ4v) is 6.65. The smallest absolute Gasteiger partial charge is 0.409 e. The number of likely N-dealkylation sites (N-methyl/N-ethyl adjacent to an activating group) is 1. The molecule has 15 heteroatoms. The van der Waals surface area contributed by atoms with E-state index >= 15 is 0 Å². The highest BCUT2D eigenvalue weighted by atomic mass is 35.5. The zero-order chi connectivity index (χ0) is 35.7. The SMILES string of the molecule is COc1cc2cc(c1Cl)N(C)C(=O)C[C@@H](OC(=O)[C@H](C)N(C)C(=O)S)[C@]1(C)O[C@H]1[C@H](C)[C@@H]1C[C@@](O)(NC(=O)O1)[C@H](OC)/C=C/C=C(\C)C2. The summed E-state index contributed by atoms with van der Waals surface area (Å²) in [5, 5.41) is 13.7. The van der Waals surface area contributed by atoms with E-state index < -0.39 is 70.9 Å². The van der Waals surface area contributed by atoms with Crippen molar-refractivity contribution >= 4 is 53.1 Å². The van der Waals surface area contributed by atoms with E-state index in [9.17, 15) is 24.3 Å². The van der Waals surface area contributed by atoms with E-state index in [0.29, 0.717) is 17.9 Å². The van der Waals surface area contributed by atoms with Gasteiger partial charge in [-0.2, -0.15) is 0 Å². The third-order valence-corrected chi connectivity index (χ3v) is 10.1.